The van der Waals surface area contributed by atoms with Crippen LogP contribution >= 0.6 is 0 Å². The van der Waals surface area contributed by atoms with E-state index in [1.54, 1.807) is 6.07 Å². The number of aryl methyl sites for hydroxylation is 1. The van der Waals surface area contributed by atoms with E-state index in [-0.39, 0.29) is 10.6 Å². The van der Waals surface area contributed by atoms with Gasteiger partial charge in [0, 0.05) is 17.2 Å². The largest absolute Gasteiger partial charge is 0.489 e. The standard InChI is InChI=1S/C23H21NO4/c1-16-14-22(24(25)26)20-8-5-9-21(20)23(16)28-19-12-10-18(11-13-19)27-15-17-6-3-2-4-7-17/h2-4,6-7,10-14H,5,8-9,15H2,1H3. The van der Waals surface area contributed by atoms with Crippen LogP contribution in [0.1, 0.15) is 28.7 Å². The average molecular weight is 375 g/mol. The van der Waals surface area contributed by atoms with E-state index in [2.05, 4.69) is 0 Å². The summed E-state index contributed by atoms with van der Waals surface area (Å²) in [6, 6.07) is 19.1. The molecule has 142 valence electrons. The van der Waals surface area contributed by atoms with Crippen molar-refractivity contribution in [1.82, 2.24) is 0 Å². The second-order valence-corrected chi connectivity index (χ2v) is 6.96. The maximum absolute atomic E-state index is 11.3. The van der Waals surface area contributed by atoms with Crippen molar-refractivity contribution in [3.05, 3.63) is 93.0 Å². The van der Waals surface area contributed by atoms with Crippen molar-refractivity contribution in [2.45, 2.75) is 32.8 Å². The van der Waals surface area contributed by atoms with Crippen LogP contribution in [-0.4, -0.2) is 4.92 Å². The molecule has 4 rings (SSSR count). The first-order chi connectivity index (χ1) is 13.6. The van der Waals surface area contributed by atoms with Crippen LogP contribution < -0.4 is 9.47 Å². The van der Waals surface area contributed by atoms with Gasteiger partial charge in [-0.25, -0.2) is 0 Å². The van der Waals surface area contributed by atoms with Crippen LogP contribution in [0.5, 0.6) is 17.2 Å². The van der Waals surface area contributed by atoms with Gasteiger partial charge < -0.3 is 9.47 Å². The predicted molar refractivity (Wildman–Crippen MR) is 107 cm³/mol. The summed E-state index contributed by atoms with van der Waals surface area (Å²) in [5, 5.41) is 11.3. The molecule has 0 saturated carbocycles. The molecule has 3 aromatic rings. The van der Waals surface area contributed by atoms with E-state index in [0.29, 0.717) is 12.4 Å². The maximum Gasteiger partial charge on any atom is 0.273 e. The Balaban J connectivity index is 1.51. The van der Waals surface area contributed by atoms with Crippen molar-refractivity contribution in [3.63, 3.8) is 0 Å². The summed E-state index contributed by atoms with van der Waals surface area (Å²) in [6.07, 6.45) is 2.46. The zero-order chi connectivity index (χ0) is 19.5. The van der Waals surface area contributed by atoms with Crippen molar-refractivity contribution < 1.29 is 14.4 Å². The van der Waals surface area contributed by atoms with Gasteiger partial charge in [-0.3, -0.25) is 10.1 Å². The summed E-state index contributed by atoms with van der Waals surface area (Å²) in [6.45, 7) is 2.37. The summed E-state index contributed by atoms with van der Waals surface area (Å²) in [7, 11) is 0. The number of nitrogens with zero attached hydrogens (tertiary/aromatic N) is 1. The molecular weight excluding hydrogens is 354 g/mol. The molecule has 0 aromatic heterocycles. The normalized spacial score (nSPS) is 12.5. The Kier molecular flexibility index (Phi) is 4.98. The fourth-order valence-corrected chi connectivity index (χ4v) is 3.64. The van der Waals surface area contributed by atoms with E-state index in [4.69, 9.17) is 9.47 Å². The highest BCUT2D eigenvalue weighted by atomic mass is 16.6. The van der Waals surface area contributed by atoms with Gasteiger partial charge >= 0.3 is 0 Å². The third-order valence-electron chi connectivity index (χ3n) is 5.00. The van der Waals surface area contributed by atoms with Crippen LogP contribution in [0, 0.1) is 17.0 Å². The number of benzene rings is 3. The molecule has 5 heteroatoms. The summed E-state index contributed by atoms with van der Waals surface area (Å²) in [5.74, 6) is 2.20. The molecule has 0 bridgehead atoms. The van der Waals surface area contributed by atoms with Crippen LogP contribution in [0.25, 0.3) is 0 Å². The summed E-state index contributed by atoms with van der Waals surface area (Å²) in [5.41, 5.74) is 3.89. The van der Waals surface area contributed by atoms with Gasteiger partial charge in [-0.1, -0.05) is 30.3 Å². The predicted octanol–water partition coefficient (Wildman–Crippen LogP) is 5.76. The number of hydrogen-bond donors (Lipinski definition) is 0. The third-order valence-corrected chi connectivity index (χ3v) is 5.00. The van der Waals surface area contributed by atoms with Crippen molar-refractivity contribution in [1.29, 1.82) is 0 Å². The fraction of sp³-hybridized carbons (Fsp3) is 0.217. The van der Waals surface area contributed by atoms with E-state index in [9.17, 15) is 10.1 Å². The van der Waals surface area contributed by atoms with Crippen molar-refractivity contribution in [3.8, 4) is 17.2 Å². The Morgan fingerprint density at radius 3 is 2.36 bits per heavy atom. The number of rotatable bonds is 6. The first kappa shape index (κ1) is 18.0. The minimum absolute atomic E-state index is 0.210. The molecule has 0 fully saturated rings. The van der Waals surface area contributed by atoms with Crippen LogP contribution in [0.15, 0.2) is 60.7 Å². The molecule has 0 spiro atoms. The molecule has 1 aliphatic rings. The van der Waals surface area contributed by atoms with Gasteiger partial charge in [0.2, 0.25) is 0 Å². The molecule has 0 aliphatic heterocycles. The average Bonchev–Trinajstić information content (AvgIpc) is 3.19. The molecule has 28 heavy (non-hydrogen) atoms. The highest BCUT2D eigenvalue weighted by molar-refractivity contribution is 5.59. The van der Waals surface area contributed by atoms with Crippen molar-refractivity contribution in [2.75, 3.05) is 0 Å². The molecular formula is C23H21NO4. The van der Waals surface area contributed by atoms with Gasteiger partial charge in [0.1, 0.15) is 23.9 Å². The lowest BCUT2D eigenvalue weighted by atomic mass is 10.0. The smallest absolute Gasteiger partial charge is 0.273 e. The van der Waals surface area contributed by atoms with E-state index in [0.717, 1.165) is 53.0 Å². The molecule has 0 atom stereocenters. The molecule has 0 unspecified atom stereocenters. The van der Waals surface area contributed by atoms with Gasteiger partial charge in [-0.15, -0.1) is 0 Å². The van der Waals surface area contributed by atoms with Gasteiger partial charge in [0.05, 0.1) is 4.92 Å². The minimum Gasteiger partial charge on any atom is -0.489 e. The lowest BCUT2D eigenvalue weighted by Gasteiger charge is -2.14. The lowest BCUT2D eigenvalue weighted by molar-refractivity contribution is -0.385. The first-order valence-corrected chi connectivity index (χ1v) is 9.36. The molecule has 0 radical (unpaired) electrons. The fourth-order valence-electron chi connectivity index (χ4n) is 3.64. The Bertz CT molecular complexity index is 997. The first-order valence-electron chi connectivity index (χ1n) is 9.36. The van der Waals surface area contributed by atoms with Crippen LogP contribution in [-0.2, 0) is 19.4 Å². The monoisotopic (exact) mass is 375 g/mol. The van der Waals surface area contributed by atoms with Crippen molar-refractivity contribution in [2.24, 2.45) is 0 Å². The van der Waals surface area contributed by atoms with Crippen LogP contribution in [0.3, 0.4) is 0 Å². The second-order valence-electron chi connectivity index (χ2n) is 6.96. The second kappa shape index (κ2) is 7.72. The van der Waals surface area contributed by atoms with Gasteiger partial charge in [-0.05, 0) is 61.6 Å². The zero-order valence-electron chi connectivity index (χ0n) is 15.7. The van der Waals surface area contributed by atoms with Crippen molar-refractivity contribution >= 4 is 5.69 Å². The molecule has 5 nitrogen and oxygen atoms in total. The Hall–Kier alpha value is -3.34. The Labute approximate surface area is 163 Å². The van der Waals surface area contributed by atoms with Crippen LogP contribution in [0.4, 0.5) is 5.69 Å². The molecule has 3 aromatic carbocycles. The Morgan fingerprint density at radius 1 is 0.964 bits per heavy atom. The van der Waals surface area contributed by atoms with Gasteiger partial charge in [-0.2, -0.15) is 0 Å². The van der Waals surface area contributed by atoms with E-state index < -0.39 is 0 Å². The lowest BCUT2D eigenvalue weighted by Crippen LogP contribution is -2.00. The third kappa shape index (κ3) is 3.69. The highest BCUT2D eigenvalue weighted by Gasteiger charge is 2.27. The van der Waals surface area contributed by atoms with E-state index >= 15 is 0 Å². The van der Waals surface area contributed by atoms with E-state index in [1.807, 2.05) is 61.5 Å². The minimum atomic E-state index is -0.292. The number of ether oxygens (including phenoxy) is 2. The van der Waals surface area contributed by atoms with Gasteiger partial charge in [0.25, 0.3) is 5.69 Å². The topological polar surface area (TPSA) is 61.6 Å². The number of fused-ring (bicyclic) bond motifs is 1. The number of nitro benzene ring substituents is 1. The number of hydrogen-bond acceptors (Lipinski definition) is 4. The summed E-state index contributed by atoms with van der Waals surface area (Å²) >= 11 is 0. The zero-order valence-corrected chi connectivity index (χ0v) is 15.7. The number of nitro groups is 1. The highest BCUT2D eigenvalue weighted by Crippen LogP contribution is 2.41. The quantitative estimate of drug-likeness (QED) is 0.406. The summed E-state index contributed by atoms with van der Waals surface area (Å²) in [4.78, 5) is 11.0. The Morgan fingerprint density at radius 2 is 1.64 bits per heavy atom. The van der Waals surface area contributed by atoms with Gasteiger partial charge in [0.15, 0.2) is 0 Å². The molecule has 0 heterocycles. The maximum atomic E-state index is 11.3. The molecule has 0 N–H and O–H groups in total. The van der Waals surface area contributed by atoms with E-state index in [1.165, 1.54) is 0 Å². The SMILES string of the molecule is Cc1cc([N+](=O)[O-])c2c(c1Oc1ccc(OCc3ccccc3)cc1)CCC2. The van der Waals surface area contributed by atoms with Crippen LogP contribution in [0.2, 0.25) is 0 Å². The molecule has 0 amide bonds. The summed E-state index contributed by atoms with van der Waals surface area (Å²) < 4.78 is 11.9. The molecule has 1 aliphatic carbocycles. The molecule has 0 saturated heterocycles.